The van der Waals surface area contributed by atoms with Crippen LogP contribution in [-0.2, 0) is 31.4 Å². The van der Waals surface area contributed by atoms with E-state index in [9.17, 15) is 9.13 Å². The summed E-state index contributed by atoms with van der Waals surface area (Å²) < 4.78 is 47.1. The Balaban J connectivity index is 1.88. The fourth-order valence-corrected chi connectivity index (χ4v) is 8.46. The van der Waals surface area contributed by atoms with Gasteiger partial charge in [0.2, 0.25) is 7.37 Å². The molecule has 0 aromatic heterocycles. The van der Waals surface area contributed by atoms with Crippen molar-refractivity contribution in [1.29, 1.82) is 0 Å². The number of hydrogen-bond acceptors (Lipinski definition) is 5. The topological polar surface area (TPSA) is 61.8 Å². The molecular formula is C38H48O5P2. The Morgan fingerprint density at radius 2 is 1.31 bits per heavy atom. The maximum Gasteiger partial charge on any atom is 0.383 e. The number of unbranched alkanes of at least 4 members (excludes halogenated alkanes) is 3. The molecule has 0 heterocycles. The molecular weight excluding hydrogens is 598 g/mol. The molecule has 0 radical (unpaired) electrons. The lowest BCUT2D eigenvalue weighted by Crippen LogP contribution is -2.18. The van der Waals surface area contributed by atoms with Crippen molar-refractivity contribution >= 4 is 15.0 Å². The molecule has 0 N–H and O–H groups in total. The van der Waals surface area contributed by atoms with Crippen molar-refractivity contribution in [3.05, 3.63) is 119 Å². The first kappa shape index (κ1) is 34.8. The van der Waals surface area contributed by atoms with Crippen LogP contribution in [0.4, 0.5) is 0 Å². The van der Waals surface area contributed by atoms with Gasteiger partial charge in [-0.05, 0) is 53.1 Å². The van der Waals surface area contributed by atoms with Gasteiger partial charge in [-0.15, -0.1) is 0 Å². The third kappa shape index (κ3) is 9.94. The molecule has 0 fully saturated rings. The van der Waals surface area contributed by atoms with Crippen molar-refractivity contribution in [2.24, 2.45) is 0 Å². The summed E-state index contributed by atoms with van der Waals surface area (Å²) in [4.78, 5) is 0. The van der Waals surface area contributed by atoms with Gasteiger partial charge in [-0.25, -0.2) is 4.57 Å². The first-order valence-corrected chi connectivity index (χ1v) is 19.9. The van der Waals surface area contributed by atoms with Crippen molar-refractivity contribution in [3.63, 3.8) is 0 Å². The molecule has 0 saturated heterocycles. The van der Waals surface area contributed by atoms with Crippen molar-refractivity contribution in [1.82, 2.24) is 0 Å². The summed E-state index contributed by atoms with van der Waals surface area (Å²) in [5.41, 5.74) is 5.01. The average Bonchev–Trinajstić information content (AvgIpc) is 2.99. The van der Waals surface area contributed by atoms with Crippen LogP contribution in [0.3, 0.4) is 0 Å². The van der Waals surface area contributed by atoms with E-state index in [1.165, 1.54) is 20.0 Å². The second kappa shape index (κ2) is 15.5. The minimum absolute atomic E-state index is 0.110. The Hall–Kier alpha value is -3.10. The van der Waals surface area contributed by atoms with Crippen LogP contribution in [0, 0.1) is 6.92 Å². The molecule has 4 rings (SSSR count). The van der Waals surface area contributed by atoms with Gasteiger partial charge in [-0.1, -0.05) is 137 Å². The Morgan fingerprint density at radius 1 is 0.711 bits per heavy atom. The molecule has 0 aliphatic heterocycles. The van der Waals surface area contributed by atoms with Crippen LogP contribution >= 0.6 is 15.0 Å². The minimum atomic E-state index is -3.66. The highest BCUT2D eigenvalue weighted by atomic mass is 31.2. The fourth-order valence-electron chi connectivity index (χ4n) is 5.59. The third-order valence-corrected chi connectivity index (χ3v) is 11.5. The molecule has 4 aromatic rings. The maximum atomic E-state index is 14.3. The highest BCUT2D eigenvalue weighted by molar-refractivity contribution is 7.57. The molecule has 0 aliphatic rings. The summed E-state index contributed by atoms with van der Waals surface area (Å²) in [5.74, 6) is 0.856. The lowest BCUT2D eigenvalue weighted by atomic mass is 9.79. The zero-order chi connectivity index (χ0) is 32.5. The number of aryl methyl sites for hydroxylation is 1. The molecule has 45 heavy (non-hydrogen) atoms. The van der Waals surface area contributed by atoms with E-state index in [2.05, 4.69) is 20.8 Å². The second-order valence-electron chi connectivity index (χ2n) is 12.7. The van der Waals surface area contributed by atoms with Crippen LogP contribution in [0.2, 0.25) is 0 Å². The Labute approximate surface area is 270 Å². The van der Waals surface area contributed by atoms with Gasteiger partial charge in [0.1, 0.15) is 11.5 Å². The quantitative estimate of drug-likeness (QED) is 0.0895. The maximum absolute atomic E-state index is 14.3. The number of rotatable bonds is 16. The van der Waals surface area contributed by atoms with Gasteiger partial charge < -0.3 is 13.6 Å². The molecule has 7 heteroatoms. The van der Waals surface area contributed by atoms with Gasteiger partial charge in [-0.2, -0.15) is 0 Å². The minimum Gasteiger partial charge on any atom is -0.442 e. The molecule has 2 unspecified atom stereocenters. The van der Waals surface area contributed by atoms with Gasteiger partial charge in [0.15, 0.2) is 0 Å². The first-order chi connectivity index (χ1) is 21.4. The Bertz CT molecular complexity index is 1630. The molecule has 5 nitrogen and oxygen atoms in total. The lowest BCUT2D eigenvalue weighted by Gasteiger charge is -2.30. The van der Waals surface area contributed by atoms with Crippen LogP contribution in [0.1, 0.15) is 75.1 Å². The van der Waals surface area contributed by atoms with Crippen LogP contribution in [0.15, 0.2) is 97.1 Å². The van der Waals surface area contributed by atoms with E-state index in [4.69, 9.17) is 13.6 Å². The molecule has 0 amide bonds. The SMILES string of the molecule is CCCCCCC(C)(C)c1cc(OP(C)(=O)Cc2ccccc2)c(-c2cccc(C)c2)c(OP(=O)(Cc2ccccc2)OC)c1. The molecule has 0 bridgehead atoms. The third-order valence-electron chi connectivity index (χ3n) is 8.15. The standard InChI is InChI=1S/C38H48O5P2/c1-7-8-9-16-24-38(3,4)34-26-35(42-44(6,39)28-31-19-12-10-13-20-31)37(33-23-17-18-30(2)25-33)36(27-34)43-45(40,41-5)29-32-21-14-11-15-22-32/h10-15,17-23,25-27H,7-9,16,24,28-29H2,1-6H3. The predicted octanol–water partition coefficient (Wildman–Crippen LogP) is 11.8. The van der Waals surface area contributed by atoms with Crippen LogP contribution in [-0.4, -0.2) is 13.8 Å². The summed E-state index contributed by atoms with van der Waals surface area (Å²) in [6, 6.07) is 31.3. The summed E-state index contributed by atoms with van der Waals surface area (Å²) in [5, 5.41) is 0. The van der Waals surface area contributed by atoms with Gasteiger partial charge in [0.05, 0.1) is 17.9 Å². The van der Waals surface area contributed by atoms with E-state index < -0.39 is 15.0 Å². The Kier molecular flexibility index (Phi) is 11.9. The number of hydrogen-bond donors (Lipinski definition) is 0. The Morgan fingerprint density at radius 3 is 1.89 bits per heavy atom. The predicted molar refractivity (Wildman–Crippen MR) is 188 cm³/mol. The largest absolute Gasteiger partial charge is 0.442 e. The van der Waals surface area contributed by atoms with E-state index in [0.29, 0.717) is 17.1 Å². The van der Waals surface area contributed by atoms with Crippen LogP contribution in [0.5, 0.6) is 11.5 Å². The van der Waals surface area contributed by atoms with Crippen molar-refractivity contribution in [2.45, 2.75) is 77.5 Å². The summed E-state index contributed by atoms with van der Waals surface area (Å²) in [7, 11) is -5.42. The molecule has 2 atom stereocenters. The monoisotopic (exact) mass is 646 g/mol. The smallest absolute Gasteiger partial charge is 0.383 e. The van der Waals surface area contributed by atoms with Crippen molar-refractivity contribution in [2.75, 3.05) is 13.8 Å². The highest BCUT2D eigenvalue weighted by Crippen LogP contribution is 2.57. The highest BCUT2D eigenvalue weighted by Gasteiger charge is 2.32. The van der Waals surface area contributed by atoms with Gasteiger partial charge in [0.25, 0.3) is 0 Å². The van der Waals surface area contributed by atoms with E-state index in [0.717, 1.165) is 47.1 Å². The van der Waals surface area contributed by atoms with E-state index >= 15 is 0 Å². The average molecular weight is 647 g/mol. The fraction of sp³-hybridized carbons (Fsp3) is 0.368. The van der Waals surface area contributed by atoms with Crippen LogP contribution in [0.25, 0.3) is 11.1 Å². The lowest BCUT2D eigenvalue weighted by molar-refractivity contribution is 0.320. The molecule has 240 valence electrons. The normalized spacial score (nSPS) is 14.4. The molecule has 0 aliphatic carbocycles. The van der Waals surface area contributed by atoms with Gasteiger partial charge in [0, 0.05) is 13.8 Å². The van der Waals surface area contributed by atoms with Gasteiger partial charge in [-0.3, -0.25) is 4.57 Å². The first-order valence-electron chi connectivity index (χ1n) is 15.9. The van der Waals surface area contributed by atoms with Gasteiger partial charge >= 0.3 is 7.60 Å². The number of benzene rings is 4. The van der Waals surface area contributed by atoms with Crippen molar-refractivity contribution in [3.8, 4) is 22.6 Å². The van der Waals surface area contributed by atoms with E-state index in [1.807, 2.05) is 104 Å². The van der Waals surface area contributed by atoms with E-state index in [1.54, 1.807) is 6.66 Å². The van der Waals surface area contributed by atoms with Crippen molar-refractivity contribution < 1.29 is 22.7 Å². The molecule has 0 spiro atoms. The zero-order valence-corrected chi connectivity index (χ0v) is 29.4. The van der Waals surface area contributed by atoms with Crippen LogP contribution < -0.4 is 9.05 Å². The van der Waals surface area contributed by atoms with E-state index in [-0.39, 0.29) is 17.7 Å². The second-order valence-corrected chi connectivity index (χ2v) is 17.3. The molecule has 0 saturated carbocycles. The molecule has 4 aromatic carbocycles. The zero-order valence-electron chi connectivity index (χ0n) is 27.6. The summed E-state index contributed by atoms with van der Waals surface area (Å²) in [6.45, 7) is 10.3. The summed E-state index contributed by atoms with van der Waals surface area (Å²) in [6.07, 6.45) is 5.95. The summed E-state index contributed by atoms with van der Waals surface area (Å²) >= 11 is 0.